The minimum atomic E-state index is -3.63. The van der Waals surface area contributed by atoms with Crippen molar-refractivity contribution in [2.45, 2.75) is 23.7 Å². The average Bonchev–Trinajstić information content (AvgIpc) is 2.80. The Hall–Kier alpha value is -3.03. The van der Waals surface area contributed by atoms with Gasteiger partial charge in [-0.25, -0.2) is 8.42 Å². The van der Waals surface area contributed by atoms with Crippen molar-refractivity contribution in [3.63, 3.8) is 0 Å². The van der Waals surface area contributed by atoms with Gasteiger partial charge in [0.15, 0.2) is 0 Å². The van der Waals surface area contributed by atoms with Crippen LogP contribution in [0.2, 0.25) is 0 Å². The number of para-hydroxylation sites is 1. The monoisotopic (exact) mass is 421 g/mol. The Balaban J connectivity index is 1.48. The normalized spacial score (nSPS) is 17.4. The second kappa shape index (κ2) is 8.77. The van der Waals surface area contributed by atoms with Crippen molar-refractivity contribution in [2.24, 2.45) is 0 Å². The number of nitrogens with zero attached hydrogens (tertiary/aromatic N) is 2. The lowest BCUT2D eigenvalue weighted by Crippen LogP contribution is -2.39. The standard InChI is InChI=1S/C23H23N3O3S/c27-23(25-20-8-2-1-3-9-20)18-11-13-21(14-12-18)30(28,29)26-16-6-7-19(17-26)22-10-4-5-15-24-22/h1-5,8-15,19H,6-7,16-17H2,(H,25,27). The zero-order valence-corrected chi connectivity index (χ0v) is 17.3. The Morgan fingerprint density at radius 1 is 0.967 bits per heavy atom. The zero-order chi connectivity index (χ0) is 21.0. The molecule has 154 valence electrons. The van der Waals surface area contributed by atoms with Gasteiger partial charge in [0, 0.05) is 42.1 Å². The van der Waals surface area contributed by atoms with E-state index in [-0.39, 0.29) is 16.7 Å². The Morgan fingerprint density at radius 2 is 1.70 bits per heavy atom. The molecule has 0 radical (unpaired) electrons. The first kappa shape index (κ1) is 20.3. The lowest BCUT2D eigenvalue weighted by atomic mass is 9.96. The van der Waals surface area contributed by atoms with Gasteiger partial charge in [-0.05, 0) is 61.4 Å². The van der Waals surface area contributed by atoms with Crippen LogP contribution in [0, 0.1) is 0 Å². The third-order valence-electron chi connectivity index (χ3n) is 5.28. The first-order chi connectivity index (χ1) is 14.5. The summed E-state index contributed by atoms with van der Waals surface area (Å²) in [5.74, 6) is -0.191. The molecule has 1 unspecified atom stereocenters. The fraction of sp³-hybridized carbons (Fsp3) is 0.217. The van der Waals surface area contributed by atoms with Gasteiger partial charge in [-0.3, -0.25) is 9.78 Å². The summed E-state index contributed by atoms with van der Waals surface area (Å²) in [6.45, 7) is 0.900. The van der Waals surface area contributed by atoms with E-state index in [1.807, 2.05) is 36.4 Å². The largest absolute Gasteiger partial charge is 0.322 e. The third-order valence-corrected chi connectivity index (χ3v) is 7.16. The molecule has 6 nitrogen and oxygen atoms in total. The summed E-state index contributed by atoms with van der Waals surface area (Å²) in [6, 6.07) is 21.0. The highest BCUT2D eigenvalue weighted by molar-refractivity contribution is 7.89. The van der Waals surface area contributed by atoms with Crippen LogP contribution in [0.5, 0.6) is 0 Å². The van der Waals surface area contributed by atoms with E-state index in [9.17, 15) is 13.2 Å². The van der Waals surface area contributed by atoms with Gasteiger partial charge in [-0.1, -0.05) is 24.3 Å². The highest BCUT2D eigenvalue weighted by atomic mass is 32.2. The van der Waals surface area contributed by atoms with Crippen molar-refractivity contribution in [2.75, 3.05) is 18.4 Å². The maximum absolute atomic E-state index is 13.1. The number of nitrogens with one attached hydrogen (secondary N) is 1. The highest BCUT2D eigenvalue weighted by Gasteiger charge is 2.31. The van der Waals surface area contributed by atoms with Gasteiger partial charge in [0.1, 0.15) is 0 Å². The number of anilines is 1. The molecule has 3 aromatic rings. The molecule has 0 aliphatic carbocycles. The van der Waals surface area contributed by atoms with E-state index in [4.69, 9.17) is 0 Å². The maximum atomic E-state index is 13.1. The fourth-order valence-electron chi connectivity index (χ4n) is 3.67. The molecule has 0 bridgehead atoms. The summed E-state index contributed by atoms with van der Waals surface area (Å²) in [5, 5.41) is 2.80. The molecule has 30 heavy (non-hydrogen) atoms. The lowest BCUT2D eigenvalue weighted by molar-refractivity contribution is 0.102. The molecule has 0 saturated carbocycles. The van der Waals surface area contributed by atoms with Gasteiger partial charge in [0.05, 0.1) is 4.90 Å². The SMILES string of the molecule is O=C(Nc1ccccc1)c1ccc(S(=O)(=O)N2CCCC(c3ccccn3)C2)cc1. The molecular weight excluding hydrogens is 398 g/mol. The van der Waals surface area contributed by atoms with Crippen LogP contribution in [0.1, 0.15) is 34.8 Å². The molecule has 1 amide bonds. The first-order valence-corrected chi connectivity index (χ1v) is 11.4. The summed E-state index contributed by atoms with van der Waals surface area (Å²) >= 11 is 0. The lowest BCUT2D eigenvalue weighted by Gasteiger charge is -2.31. The van der Waals surface area contributed by atoms with Crippen molar-refractivity contribution >= 4 is 21.6 Å². The number of pyridine rings is 1. The summed E-state index contributed by atoms with van der Waals surface area (Å²) in [7, 11) is -3.63. The number of hydrogen-bond donors (Lipinski definition) is 1. The van der Waals surface area contributed by atoms with Crippen molar-refractivity contribution in [1.82, 2.24) is 9.29 Å². The number of carbonyl (C=O) groups is 1. The van der Waals surface area contributed by atoms with Gasteiger partial charge in [-0.15, -0.1) is 0 Å². The second-order valence-electron chi connectivity index (χ2n) is 7.30. The molecule has 1 aliphatic heterocycles. The molecule has 2 aromatic carbocycles. The minimum Gasteiger partial charge on any atom is -0.322 e. The van der Waals surface area contributed by atoms with E-state index in [1.165, 1.54) is 16.4 Å². The second-order valence-corrected chi connectivity index (χ2v) is 9.24. The van der Waals surface area contributed by atoms with Crippen LogP contribution >= 0.6 is 0 Å². The van der Waals surface area contributed by atoms with Crippen molar-refractivity contribution in [1.29, 1.82) is 0 Å². The number of rotatable bonds is 5. The third kappa shape index (κ3) is 4.42. The van der Waals surface area contributed by atoms with Crippen molar-refractivity contribution in [3.05, 3.63) is 90.3 Å². The van der Waals surface area contributed by atoms with E-state index in [0.717, 1.165) is 18.5 Å². The molecule has 2 heterocycles. The molecule has 7 heteroatoms. The van der Waals surface area contributed by atoms with Crippen LogP contribution in [-0.4, -0.2) is 36.7 Å². The van der Waals surface area contributed by atoms with Gasteiger partial charge in [-0.2, -0.15) is 4.31 Å². The molecule has 1 fully saturated rings. The van der Waals surface area contributed by atoms with Crippen molar-refractivity contribution in [3.8, 4) is 0 Å². The summed E-state index contributed by atoms with van der Waals surface area (Å²) in [4.78, 5) is 17.0. The number of hydrogen-bond acceptors (Lipinski definition) is 4. The molecule has 0 spiro atoms. The first-order valence-electron chi connectivity index (χ1n) is 9.91. The van der Waals surface area contributed by atoms with E-state index >= 15 is 0 Å². The molecule has 1 aromatic heterocycles. The topological polar surface area (TPSA) is 79.4 Å². The van der Waals surface area contributed by atoms with Crippen LogP contribution in [0.25, 0.3) is 0 Å². The van der Waals surface area contributed by atoms with E-state index in [0.29, 0.717) is 24.3 Å². The predicted octanol–water partition coefficient (Wildman–Crippen LogP) is 3.90. The number of carbonyl (C=O) groups excluding carboxylic acids is 1. The number of amides is 1. The zero-order valence-electron chi connectivity index (χ0n) is 16.4. The summed E-state index contributed by atoms with van der Waals surface area (Å²) in [5.41, 5.74) is 2.02. The molecule has 1 atom stereocenters. The van der Waals surface area contributed by atoms with Gasteiger partial charge >= 0.3 is 0 Å². The van der Waals surface area contributed by atoms with Crippen LogP contribution in [0.4, 0.5) is 5.69 Å². The van der Waals surface area contributed by atoms with Gasteiger partial charge < -0.3 is 5.32 Å². The Bertz CT molecular complexity index is 1100. The number of benzene rings is 2. The number of sulfonamides is 1. The predicted molar refractivity (Wildman–Crippen MR) is 116 cm³/mol. The Kier molecular flexibility index (Phi) is 5.92. The minimum absolute atomic E-state index is 0.0886. The van der Waals surface area contributed by atoms with Gasteiger partial charge in [0.2, 0.25) is 10.0 Å². The van der Waals surface area contributed by atoms with E-state index in [2.05, 4.69) is 10.3 Å². The highest BCUT2D eigenvalue weighted by Crippen LogP contribution is 2.29. The molecule has 1 N–H and O–H groups in total. The van der Waals surface area contributed by atoms with Crippen LogP contribution in [-0.2, 0) is 10.0 Å². The average molecular weight is 422 g/mol. The molecule has 1 aliphatic rings. The summed E-state index contributed by atoms with van der Waals surface area (Å²) in [6.07, 6.45) is 3.45. The van der Waals surface area contributed by atoms with E-state index in [1.54, 1.807) is 30.5 Å². The van der Waals surface area contributed by atoms with Crippen molar-refractivity contribution < 1.29 is 13.2 Å². The Labute approximate surface area is 176 Å². The smallest absolute Gasteiger partial charge is 0.255 e. The number of piperidine rings is 1. The molecular formula is C23H23N3O3S. The van der Waals surface area contributed by atoms with Crippen LogP contribution in [0.3, 0.4) is 0 Å². The maximum Gasteiger partial charge on any atom is 0.255 e. The van der Waals surface area contributed by atoms with Gasteiger partial charge in [0.25, 0.3) is 5.91 Å². The van der Waals surface area contributed by atoms with E-state index < -0.39 is 10.0 Å². The quantitative estimate of drug-likeness (QED) is 0.678. The van der Waals surface area contributed by atoms with Crippen LogP contribution < -0.4 is 5.32 Å². The Morgan fingerprint density at radius 3 is 2.40 bits per heavy atom. The summed E-state index contributed by atoms with van der Waals surface area (Å²) < 4.78 is 27.8. The molecule has 1 saturated heterocycles. The van der Waals surface area contributed by atoms with Crippen LogP contribution in [0.15, 0.2) is 83.9 Å². The molecule has 4 rings (SSSR count). The fourth-order valence-corrected chi connectivity index (χ4v) is 5.20. The number of aromatic nitrogens is 1.